The molecule has 0 radical (unpaired) electrons. The van der Waals surface area contributed by atoms with Crippen LogP contribution in [0.5, 0.6) is 0 Å². The van der Waals surface area contributed by atoms with Gasteiger partial charge in [0.1, 0.15) is 12.4 Å². The van der Waals surface area contributed by atoms with Crippen molar-refractivity contribution in [2.75, 3.05) is 0 Å². The molecule has 0 amide bonds. The maximum atomic E-state index is 2.36. The highest BCUT2D eigenvalue weighted by molar-refractivity contribution is 7.05. The summed E-state index contributed by atoms with van der Waals surface area (Å²) in [7, 11) is 0. The van der Waals surface area contributed by atoms with Crippen LogP contribution in [0.1, 0.15) is 0 Å². The van der Waals surface area contributed by atoms with Crippen molar-refractivity contribution in [2.45, 2.75) is 0 Å². The lowest BCUT2D eigenvalue weighted by atomic mass is 9.24. The van der Waals surface area contributed by atoms with Crippen LogP contribution in [0.2, 0.25) is 0 Å². The molecule has 0 N–H and O–H groups in total. The summed E-state index contributed by atoms with van der Waals surface area (Å²) in [5, 5.41) is 0. The molecule has 2 heteroatoms. The Balaban J connectivity index is 2.13. The summed E-state index contributed by atoms with van der Waals surface area (Å²) in [6, 6.07) is 38.7. The van der Waals surface area contributed by atoms with Crippen molar-refractivity contribution in [2.24, 2.45) is 0 Å². The summed E-state index contributed by atoms with van der Waals surface area (Å²) in [5.74, 6) is 0. The number of nitrogens with zero attached hydrogens (tertiary/aromatic N) is 1. The van der Waals surface area contributed by atoms with E-state index in [0.717, 1.165) is 0 Å². The van der Waals surface area contributed by atoms with Crippen LogP contribution in [-0.4, -0.2) is 6.28 Å². The van der Waals surface area contributed by atoms with Crippen LogP contribution in [0.3, 0.4) is 0 Å². The molecule has 0 atom stereocenters. The van der Waals surface area contributed by atoms with Crippen LogP contribution < -0.4 is 20.9 Å². The van der Waals surface area contributed by atoms with Gasteiger partial charge in [0.15, 0.2) is 0 Å². The molecule has 0 aliphatic heterocycles. The molecule has 0 bridgehead atoms. The van der Waals surface area contributed by atoms with Crippen molar-refractivity contribution in [3.05, 3.63) is 122 Å². The minimum Gasteiger partial charge on any atom is -0.415 e. The summed E-state index contributed by atoms with van der Waals surface area (Å²) >= 11 is 0. The Bertz CT molecular complexity index is 759. The van der Waals surface area contributed by atoms with E-state index >= 15 is 0 Å². The molecule has 0 spiro atoms. The Hall–Kier alpha value is -3.13. The minimum absolute atomic E-state index is 1.30. The van der Waals surface area contributed by atoms with Gasteiger partial charge in [-0.2, -0.15) is 0 Å². The van der Waals surface area contributed by atoms with Crippen LogP contribution in [0.25, 0.3) is 0 Å². The third-order valence-electron chi connectivity index (χ3n) is 5.03. The molecule has 1 heterocycles. The first-order valence-corrected chi connectivity index (χ1v) is 8.71. The quantitative estimate of drug-likeness (QED) is 0.509. The predicted octanol–water partition coefficient (Wildman–Crippen LogP) is 2.49. The molecule has 25 heavy (non-hydrogen) atoms. The van der Waals surface area contributed by atoms with E-state index in [1.807, 2.05) is 0 Å². The first kappa shape index (κ1) is 15.4. The Morgan fingerprint density at radius 1 is 0.400 bits per heavy atom. The van der Waals surface area contributed by atoms with Gasteiger partial charge in [-0.15, -0.1) is 16.4 Å². The summed E-state index contributed by atoms with van der Waals surface area (Å²) in [6.07, 6.45) is 3.05. The van der Waals surface area contributed by atoms with Crippen molar-refractivity contribution in [3.8, 4) is 0 Å². The van der Waals surface area contributed by atoms with Gasteiger partial charge < -0.3 is 4.48 Å². The lowest BCUT2D eigenvalue weighted by molar-refractivity contribution is -0.539. The highest BCUT2D eigenvalue weighted by Gasteiger charge is 2.41. The van der Waals surface area contributed by atoms with Crippen molar-refractivity contribution in [1.82, 2.24) is 0 Å². The zero-order valence-electron chi connectivity index (χ0n) is 14.1. The maximum absolute atomic E-state index is 2.36. The van der Waals surface area contributed by atoms with E-state index in [4.69, 9.17) is 0 Å². The predicted molar refractivity (Wildman–Crippen MR) is 106 cm³/mol. The molecule has 0 unspecified atom stereocenters. The zero-order valence-corrected chi connectivity index (χ0v) is 14.1. The van der Waals surface area contributed by atoms with Gasteiger partial charge in [-0.25, -0.2) is 0 Å². The first-order valence-electron chi connectivity index (χ1n) is 8.71. The molecular formula is C23H20BN. The molecule has 4 aromatic rings. The third kappa shape index (κ3) is 2.66. The van der Waals surface area contributed by atoms with Gasteiger partial charge in [0.05, 0.1) is 0 Å². The molecular weight excluding hydrogens is 301 g/mol. The normalized spacial score (nSPS) is 11.2. The molecule has 3 aromatic carbocycles. The van der Waals surface area contributed by atoms with Crippen LogP contribution in [-0.2, 0) is 0 Å². The Labute approximate surface area is 149 Å². The van der Waals surface area contributed by atoms with Crippen molar-refractivity contribution in [1.29, 1.82) is 0 Å². The fourth-order valence-electron chi connectivity index (χ4n) is 3.96. The molecule has 0 fully saturated rings. The van der Waals surface area contributed by atoms with E-state index in [-0.39, 0.29) is 0 Å². The molecule has 4 rings (SSSR count). The van der Waals surface area contributed by atoms with Gasteiger partial charge in [0, 0.05) is 0 Å². The van der Waals surface area contributed by atoms with E-state index in [1.165, 1.54) is 16.4 Å². The van der Waals surface area contributed by atoms with Crippen LogP contribution in [0, 0.1) is 0 Å². The third-order valence-corrected chi connectivity index (χ3v) is 5.03. The average molecular weight is 321 g/mol. The number of hydrogen-bond acceptors (Lipinski definition) is 0. The fourth-order valence-corrected chi connectivity index (χ4v) is 3.96. The molecule has 120 valence electrons. The second-order valence-electron chi connectivity index (χ2n) is 6.38. The number of hydrogen-bond donors (Lipinski definition) is 0. The van der Waals surface area contributed by atoms with E-state index in [2.05, 4.69) is 126 Å². The summed E-state index contributed by atoms with van der Waals surface area (Å²) in [4.78, 5) is 0. The second kappa shape index (κ2) is 6.78. The molecule has 0 aliphatic rings. The lowest BCUT2D eigenvalue weighted by Gasteiger charge is -2.36. The summed E-state index contributed by atoms with van der Waals surface area (Å²) < 4.78 is 2.36. The molecule has 0 saturated heterocycles. The number of pyridine rings is 1. The van der Waals surface area contributed by atoms with Crippen molar-refractivity contribution in [3.63, 3.8) is 0 Å². The topological polar surface area (TPSA) is 3.88 Å². The van der Waals surface area contributed by atoms with Crippen LogP contribution in [0.4, 0.5) is 0 Å². The SMILES string of the molecule is c1ccc([B-](c2ccccc2)(c2ccccc2)[n+]2ccccc2)cc1. The average Bonchev–Trinajstić information content (AvgIpc) is 2.72. The van der Waals surface area contributed by atoms with Gasteiger partial charge in [-0.05, 0) is 12.1 Å². The van der Waals surface area contributed by atoms with Crippen molar-refractivity contribution < 1.29 is 4.48 Å². The smallest absolute Gasteiger partial charge is 0.359 e. The van der Waals surface area contributed by atoms with Crippen molar-refractivity contribution >= 4 is 22.7 Å². The second-order valence-corrected chi connectivity index (χ2v) is 6.38. The molecule has 1 nitrogen and oxygen atoms in total. The standard InChI is InChI=1S/C23H20BN/c1-5-13-21(14-6-1)24(22-15-7-2-8-16-22,23-17-9-3-10-18-23)25-19-11-4-12-20-25/h1-20H. The fraction of sp³-hybridized carbons (Fsp3) is 0. The molecule has 1 aromatic heterocycles. The monoisotopic (exact) mass is 321 g/mol. The highest BCUT2D eigenvalue weighted by atomic mass is 14.9. The summed E-state index contributed by atoms with van der Waals surface area (Å²) in [5.41, 5.74) is 3.91. The molecule has 0 saturated carbocycles. The van der Waals surface area contributed by atoms with Crippen LogP contribution >= 0.6 is 0 Å². The minimum atomic E-state index is -1.30. The maximum Gasteiger partial charge on any atom is 0.359 e. The van der Waals surface area contributed by atoms with E-state index < -0.39 is 6.28 Å². The largest absolute Gasteiger partial charge is 0.415 e. The Kier molecular flexibility index (Phi) is 4.18. The Morgan fingerprint density at radius 3 is 1.08 bits per heavy atom. The number of aromatic nitrogens is 1. The number of benzene rings is 3. The zero-order chi connectivity index (χ0) is 17.0. The highest BCUT2D eigenvalue weighted by Crippen LogP contribution is 2.05. The van der Waals surface area contributed by atoms with E-state index in [9.17, 15) is 0 Å². The van der Waals surface area contributed by atoms with E-state index in [0.29, 0.717) is 0 Å². The van der Waals surface area contributed by atoms with Crippen LogP contribution in [0.15, 0.2) is 122 Å². The van der Waals surface area contributed by atoms with E-state index in [1.54, 1.807) is 0 Å². The first-order chi connectivity index (χ1) is 12.4. The van der Waals surface area contributed by atoms with Gasteiger partial charge in [-0.3, -0.25) is 0 Å². The van der Waals surface area contributed by atoms with Gasteiger partial charge in [0.25, 0.3) is 0 Å². The lowest BCUT2D eigenvalue weighted by Crippen LogP contribution is -2.84. The summed E-state index contributed by atoms with van der Waals surface area (Å²) in [6.45, 7) is 0. The van der Waals surface area contributed by atoms with Gasteiger partial charge in [-0.1, -0.05) is 97.1 Å². The van der Waals surface area contributed by atoms with Gasteiger partial charge in [0.2, 0.25) is 0 Å². The molecule has 0 aliphatic carbocycles. The van der Waals surface area contributed by atoms with Gasteiger partial charge >= 0.3 is 6.28 Å². The Morgan fingerprint density at radius 2 is 0.720 bits per heavy atom. The number of rotatable bonds is 4.